The molecule has 0 fully saturated rings. The highest BCUT2D eigenvalue weighted by Gasteiger charge is 2.11. The second-order valence-electron chi connectivity index (χ2n) is 3.93. The second kappa shape index (κ2) is 6.20. The molecule has 0 aliphatic heterocycles. The zero-order valence-corrected chi connectivity index (χ0v) is 10.00. The Labute approximate surface area is 100.0 Å². The number of ether oxygens (including phenoxy) is 1. The maximum Gasteiger partial charge on any atom is 0.251 e. The minimum atomic E-state index is -0.514. The molecule has 94 valence electrons. The van der Waals surface area contributed by atoms with E-state index < -0.39 is 5.82 Å². The molecule has 1 unspecified atom stereocenters. The molecule has 0 saturated heterocycles. The predicted octanol–water partition coefficient (Wildman–Crippen LogP) is 1.56. The Hall–Kier alpha value is -1.62. The molecule has 17 heavy (non-hydrogen) atoms. The Bertz CT molecular complexity index is 376. The summed E-state index contributed by atoms with van der Waals surface area (Å²) in [6.07, 6.45) is 0.701. The van der Waals surface area contributed by atoms with Gasteiger partial charge in [-0.05, 0) is 31.5 Å². The summed E-state index contributed by atoms with van der Waals surface area (Å²) < 4.78 is 18.0. The first-order valence-electron chi connectivity index (χ1n) is 5.39. The van der Waals surface area contributed by atoms with Gasteiger partial charge in [0.2, 0.25) is 0 Å². The molecular formula is C12H17FN2O2. The van der Waals surface area contributed by atoms with Crippen LogP contribution in [-0.2, 0) is 4.74 Å². The summed E-state index contributed by atoms with van der Waals surface area (Å²) in [7, 11) is 1.60. The standard InChI is InChI=1S/C12H17FN2O2/c1-8(3-4-17-2)15-12(16)9-5-10(13)7-11(14)6-9/h5-8H,3-4,14H2,1-2H3,(H,15,16). The Kier molecular flexibility index (Phi) is 4.90. The first kappa shape index (κ1) is 13.4. The molecule has 0 radical (unpaired) electrons. The lowest BCUT2D eigenvalue weighted by molar-refractivity contribution is 0.0929. The third-order valence-electron chi connectivity index (χ3n) is 2.31. The number of carbonyl (C=O) groups is 1. The van der Waals surface area contributed by atoms with Crippen LogP contribution in [0.2, 0.25) is 0 Å². The fourth-order valence-electron chi connectivity index (χ4n) is 1.42. The maximum atomic E-state index is 13.0. The number of carbonyl (C=O) groups excluding carboxylic acids is 1. The Morgan fingerprint density at radius 1 is 1.53 bits per heavy atom. The van der Waals surface area contributed by atoms with Crippen molar-refractivity contribution in [2.24, 2.45) is 0 Å². The fraction of sp³-hybridized carbons (Fsp3) is 0.417. The highest BCUT2D eigenvalue weighted by Crippen LogP contribution is 2.11. The number of nitrogen functional groups attached to an aromatic ring is 1. The largest absolute Gasteiger partial charge is 0.399 e. The number of nitrogens with one attached hydrogen (secondary N) is 1. The lowest BCUT2D eigenvalue weighted by Gasteiger charge is -2.13. The summed E-state index contributed by atoms with van der Waals surface area (Å²) in [5.74, 6) is -0.848. The molecule has 4 nitrogen and oxygen atoms in total. The van der Waals surface area contributed by atoms with E-state index in [0.29, 0.717) is 13.0 Å². The van der Waals surface area contributed by atoms with Crippen LogP contribution in [-0.4, -0.2) is 25.7 Å². The summed E-state index contributed by atoms with van der Waals surface area (Å²) in [5.41, 5.74) is 5.93. The Balaban J connectivity index is 2.63. The maximum absolute atomic E-state index is 13.0. The van der Waals surface area contributed by atoms with Crippen LogP contribution < -0.4 is 11.1 Å². The average molecular weight is 240 g/mol. The van der Waals surface area contributed by atoms with Gasteiger partial charge in [0.05, 0.1) is 0 Å². The molecular weight excluding hydrogens is 223 g/mol. The van der Waals surface area contributed by atoms with Gasteiger partial charge in [-0.15, -0.1) is 0 Å². The lowest BCUT2D eigenvalue weighted by atomic mass is 10.1. The van der Waals surface area contributed by atoms with Gasteiger partial charge >= 0.3 is 0 Å². The van der Waals surface area contributed by atoms with Gasteiger partial charge in [0.1, 0.15) is 5.82 Å². The normalized spacial score (nSPS) is 12.2. The molecule has 1 aromatic rings. The van der Waals surface area contributed by atoms with Crippen LogP contribution in [0.15, 0.2) is 18.2 Å². The number of halogens is 1. The van der Waals surface area contributed by atoms with Crippen molar-refractivity contribution < 1.29 is 13.9 Å². The number of benzene rings is 1. The summed E-state index contributed by atoms with van der Waals surface area (Å²) in [4.78, 5) is 11.7. The minimum Gasteiger partial charge on any atom is -0.399 e. The van der Waals surface area contributed by atoms with Gasteiger partial charge in [-0.25, -0.2) is 4.39 Å². The summed E-state index contributed by atoms with van der Waals surface area (Å²) in [6, 6.07) is 3.74. The average Bonchev–Trinajstić information content (AvgIpc) is 2.25. The third kappa shape index (κ3) is 4.40. The van der Waals surface area contributed by atoms with Crippen molar-refractivity contribution in [1.82, 2.24) is 5.32 Å². The lowest BCUT2D eigenvalue weighted by Crippen LogP contribution is -2.33. The molecule has 1 rings (SSSR count). The van der Waals surface area contributed by atoms with E-state index in [2.05, 4.69) is 5.32 Å². The molecule has 0 heterocycles. The molecule has 0 spiro atoms. The molecule has 0 saturated carbocycles. The summed E-state index contributed by atoms with van der Waals surface area (Å²) >= 11 is 0. The number of nitrogens with two attached hydrogens (primary N) is 1. The van der Waals surface area contributed by atoms with E-state index in [9.17, 15) is 9.18 Å². The van der Waals surface area contributed by atoms with Crippen LogP contribution in [0.4, 0.5) is 10.1 Å². The predicted molar refractivity (Wildman–Crippen MR) is 64.2 cm³/mol. The van der Waals surface area contributed by atoms with Gasteiger partial charge in [0.15, 0.2) is 0 Å². The van der Waals surface area contributed by atoms with Gasteiger partial charge in [-0.2, -0.15) is 0 Å². The molecule has 0 aromatic heterocycles. The van der Waals surface area contributed by atoms with E-state index >= 15 is 0 Å². The van der Waals surface area contributed by atoms with Crippen molar-refractivity contribution in [1.29, 1.82) is 0 Å². The Morgan fingerprint density at radius 2 is 2.24 bits per heavy atom. The van der Waals surface area contributed by atoms with Gasteiger partial charge < -0.3 is 15.8 Å². The zero-order valence-electron chi connectivity index (χ0n) is 10.00. The van der Waals surface area contributed by atoms with Crippen LogP contribution in [0, 0.1) is 5.82 Å². The van der Waals surface area contributed by atoms with Gasteiger partial charge in [-0.3, -0.25) is 4.79 Å². The quantitative estimate of drug-likeness (QED) is 0.768. The molecule has 0 aliphatic carbocycles. The molecule has 0 aliphatic rings. The molecule has 5 heteroatoms. The van der Waals surface area contributed by atoms with Crippen molar-refractivity contribution in [2.75, 3.05) is 19.5 Å². The van der Waals surface area contributed by atoms with Gasteiger partial charge in [-0.1, -0.05) is 0 Å². The van der Waals surface area contributed by atoms with Crippen molar-refractivity contribution in [3.63, 3.8) is 0 Å². The topological polar surface area (TPSA) is 64.3 Å². The second-order valence-corrected chi connectivity index (χ2v) is 3.93. The molecule has 1 atom stereocenters. The fourth-order valence-corrected chi connectivity index (χ4v) is 1.42. The van der Waals surface area contributed by atoms with E-state index in [1.165, 1.54) is 12.1 Å². The van der Waals surface area contributed by atoms with Crippen LogP contribution in [0.5, 0.6) is 0 Å². The van der Waals surface area contributed by atoms with E-state index in [1.807, 2.05) is 6.92 Å². The van der Waals surface area contributed by atoms with E-state index in [1.54, 1.807) is 7.11 Å². The third-order valence-corrected chi connectivity index (χ3v) is 2.31. The van der Waals surface area contributed by atoms with Crippen molar-refractivity contribution in [2.45, 2.75) is 19.4 Å². The smallest absolute Gasteiger partial charge is 0.251 e. The molecule has 1 aromatic carbocycles. The molecule has 3 N–H and O–H groups in total. The van der Waals surface area contributed by atoms with Crippen molar-refractivity contribution >= 4 is 11.6 Å². The number of anilines is 1. The van der Waals surface area contributed by atoms with E-state index in [0.717, 1.165) is 6.07 Å². The zero-order chi connectivity index (χ0) is 12.8. The number of hydrogen-bond acceptors (Lipinski definition) is 3. The van der Waals surface area contributed by atoms with Crippen molar-refractivity contribution in [3.8, 4) is 0 Å². The number of amides is 1. The summed E-state index contributed by atoms with van der Waals surface area (Å²) in [5, 5.41) is 2.74. The number of rotatable bonds is 5. The van der Waals surface area contributed by atoms with Gasteiger partial charge in [0.25, 0.3) is 5.91 Å². The van der Waals surface area contributed by atoms with E-state index in [-0.39, 0.29) is 23.2 Å². The highest BCUT2D eigenvalue weighted by molar-refractivity contribution is 5.95. The molecule has 1 amide bonds. The monoisotopic (exact) mass is 240 g/mol. The van der Waals surface area contributed by atoms with Crippen LogP contribution >= 0.6 is 0 Å². The van der Waals surface area contributed by atoms with Crippen LogP contribution in [0.3, 0.4) is 0 Å². The first-order valence-corrected chi connectivity index (χ1v) is 5.39. The summed E-state index contributed by atoms with van der Waals surface area (Å²) in [6.45, 7) is 2.42. The first-order chi connectivity index (χ1) is 8.02. The van der Waals surface area contributed by atoms with Crippen molar-refractivity contribution in [3.05, 3.63) is 29.6 Å². The van der Waals surface area contributed by atoms with Crippen LogP contribution in [0.25, 0.3) is 0 Å². The van der Waals surface area contributed by atoms with E-state index in [4.69, 9.17) is 10.5 Å². The minimum absolute atomic E-state index is 0.0352. The number of methoxy groups -OCH3 is 1. The molecule has 0 bridgehead atoms. The Morgan fingerprint density at radius 3 is 2.82 bits per heavy atom. The van der Waals surface area contributed by atoms with Gasteiger partial charge in [0, 0.05) is 31.0 Å². The highest BCUT2D eigenvalue weighted by atomic mass is 19.1. The SMILES string of the molecule is COCCC(C)NC(=O)c1cc(N)cc(F)c1. The van der Waals surface area contributed by atoms with Crippen LogP contribution in [0.1, 0.15) is 23.7 Å². The number of hydrogen-bond donors (Lipinski definition) is 2.